The summed E-state index contributed by atoms with van der Waals surface area (Å²) in [6.45, 7) is 1.75. The molecular formula is C11H19N3O2S. The maximum Gasteiger partial charge on any atom is 0.227 e. The standard InChI is InChI=1S/C11H19N3O2S/c1-11(10-13)17(15,16)14-9-7-5-3-2-4-6-8-12/h11,14H,2-7,9H2,1H3. The molecule has 0 rings (SSSR count). The molecule has 5 nitrogen and oxygen atoms in total. The van der Waals surface area contributed by atoms with Gasteiger partial charge >= 0.3 is 0 Å². The second-order valence-corrected chi connectivity index (χ2v) is 5.97. The molecule has 0 aromatic rings. The Labute approximate surface area is 103 Å². The molecule has 6 heteroatoms. The van der Waals surface area contributed by atoms with E-state index in [1.165, 1.54) is 6.92 Å². The van der Waals surface area contributed by atoms with Crippen molar-refractivity contribution in [3.63, 3.8) is 0 Å². The first-order valence-corrected chi connectivity index (χ1v) is 7.34. The Morgan fingerprint density at radius 2 is 1.71 bits per heavy atom. The molecule has 0 aliphatic heterocycles. The predicted molar refractivity (Wildman–Crippen MR) is 65.3 cm³/mol. The Morgan fingerprint density at radius 1 is 1.12 bits per heavy atom. The highest BCUT2D eigenvalue weighted by molar-refractivity contribution is 7.90. The summed E-state index contributed by atoms with van der Waals surface area (Å²) < 4.78 is 25.1. The topological polar surface area (TPSA) is 93.8 Å². The van der Waals surface area contributed by atoms with Crippen molar-refractivity contribution in [2.75, 3.05) is 6.54 Å². The molecule has 0 aromatic heterocycles. The molecule has 0 aliphatic carbocycles. The van der Waals surface area contributed by atoms with Crippen LogP contribution in [0.4, 0.5) is 0 Å². The third-order valence-electron chi connectivity index (χ3n) is 2.42. The van der Waals surface area contributed by atoms with E-state index in [9.17, 15) is 8.42 Å². The van der Waals surface area contributed by atoms with Crippen LogP contribution in [0.1, 0.15) is 45.4 Å². The highest BCUT2D eigenvalue weighted by Crippen LogP contribution is 2.04. The van der Waals surface area contributed by atoms with E-state index in [-0.39, 0.29) is 0 Å². The van der Waals surface area contributed by atoms with Crippen molar-refractivity contribution in [2.45, 2.75) is 50.7 Å². The van der Waals surface area contributed by atoms with Crippen molar-refractivity contribution in [3.05, 3.63) is 0 Å². The van der Waals surface area contributed by atoms with Gasteiger partial charge in [-0.1, -0.05) is 19.3 Å². The second-order valence-electron chi connectivity index (χ2n) is 3.89. The molecule has 0 fully saturated rings. The minimum atomic E-state index is -3.47. The largest absolute Gasteiger partial charge is 0.227 e. The Kier molecular flexibility index (Phi) is 8.39. The van der Waals surface area contributed by atoms with E-state index in [2.05, 4.69) is 10.8 Å². The Morgan fingerprint density at radius 3 is 2.29 bits per heavy atom. The van der Waals surface area contributed by atoms with E-state index in [0.29, 0.717) is 13.0 Å². The summed E-state index contributed by atoms with van der Waals surface area (Å²) in [5, 5.41) is 15.8. The fourth-order valence-corrected chi connectivity index (χ4v) is 2.09. The Bertz CT molecular complexity index is 379. The van der Waals surface area contributed by atoms with Gasteiger partial charge in [0.2, 0.25) is 10.0 Å². The molecule has 0 radical (unpaired) electrons. The van der Waals surface area contributed by atoms with Crippen molar-refractivity contribution in [1.82, 2.24) is 4.72 Å². The Balaban J connectivity index is 3.53. The molecule has 17 heavy (non-hydrogen) atoms. The van der Waals surface area contributed by atoms with Crippen LogP contribution in [0.25, 0.3) is 0 Å². The van der Waals surface area contributed by atoms with Crippen molar-refractivity contribution >= 4 is 10.0 Å². The predicted octanol–water partition coefficient (Wildman–Crippen LogP) is 1.68. The summed E-state index contributed by atoms with van der Waals surface area (Å²) in [6.07, 6.45) is 5.23. The molecule has 0 saturated heterocycles. The summed E-state index contributed by atoms with van der Waals surface area (Å²) in [5.41, 5.74) is 0. The lowest BCUT2D eigenvalue weighted by Crippen LogP contribution is -2.32. The number of nitriles is 2. The van der Waals surface area contributed by atoms with Gasteiger partial charge in [-0.25, -0.2) is 13.1 Å². The normalized spacial score (nSPS) is 12.6. The molecule has 0 spiro atoms. The number of rotatable bonds is 9. The van der Waals surface area contributed by atoms with E-state index < -0.39 is 15.3 Å². The van der Waals surface area contributed by atoms with Crippen LogP contribution in [0.2, 0.25) is 0 Å². The van der Waals surface area contributed by atoms with Gasteiger partial charge in [0, 0.05) is 13.0 Å². The van der Waals surface area contributed by atoms with Gasteiger partial charge in [-0.3, -0.25) is 0 Å². The van der Waals surface area contributed by atoms with Crippen LogP contribution in [0, 0.1) is 22.7 Å². The van der Waals surface area contributed by atoms with Crippen LogP contribution >= 0.6 is 0 Å². The molecule has 1 atom stereocenters. The monoisotopic (exact) mass is 257 g/mol. The molecule has 1 unspecified atom stereocenters. The molecule has 1 N–H and O–H groups in total. The zero-order chi connectivity index (χ0) is 13.1. The van der Waals surface area contributed by atoms with Crippen LogP contribution in [0.15, 0.2) is 0 Å². The van der Waals surface area contributed by atoms with Gasteiger partial charge in [-0.05, 0) is 19.8 Å². The third kappa shape index (κ3) is 7.73. The first-order valence-electron chi connectivity index (χ1n) is 5.79. The van der Waals surface area contributed by atoms with Crippen LogP contribution in [0.3, 0.4) is 0 Å². The van der Waals surface area contributed by atoms with Crippen LogP contribution in [-0.4, -0.2) is 20.2 Å². The highest BCUT2D eigenvalue weighted by Gasteiger charge is 2.18. The molecule has 0 aliphatic rings. The van der Waals surface area contributed by atoms with Crippen LogP contribution < -0.4 is 4.72 Å². The van der Waals surface area contributed by atoms with E-state index in [1.807, 2.05) is 0 Å². The number of nitrogens with one attached hydrogen (secondary N) is 1. The lowest BCUT2D eigenvalue weighted by molar-refractivity contribution is 0.566. The van der Waals surface area contributed by atoms with Gasteiger partial charge in [-0.15, -0.1) is 0 Å². The van der Waals surface area contributed by atoms with Gasteiger partial charge in [0.1, 0.15) is 0 Å². The number of hydrogen-bond acceptors (Lipinski definition) is 4. The lowest BCUT2D eigenvalue weighted by atomic mass is 10.1. The van der Waals surface area contributed by atoms with Crippen molar-refractivity contribution in [2.24, 2.45) is 0 Å². The van der Waals surface area contributed by atoms with Crippen LogP contribution in [-0.2, 0) is 10.0 Å². The third-order valence-corrected chi connectivity index (χ3v) is 4.06. The summed E-state index contributed by atoms with van der Waals surface area (Å²) in [5.74, 6) is 0. The fourth-order valence-electron chi connectivity index (χ4n) is 1.27. The summed E-state index contributed by atoms with van der Waals surface area (Å²) in [6, 6.07) is 3.79. The van der Waals surface area contributed by atoms with Gasteiger partial charge in [0.25, 0.3) is 0 Å². The maximum absolute atomic E-state index is 11.4. The zero-order valence-electron chi connectivity index (χ0n) is 10.1. The highest BCUT2D eigenvalue weighted by atomic mass is 32.2. The second kappa shape index (κ2) is 8.98. The molecule has 0 saturated carbocycles. The molecule has 0 bridgehead atoms. The van der Waals surface area contributed by atoms with Gasteiger partial charge in [0.15, 0.2) is 5.25 Å². The maximum atomic E-state index is 11.4. The Hall–Kier alpha value is -1.11. The van der Waals surface area contributed by atoms with E-state index in [0.717, 1.165) is 32.1 Å². The average molecular weight is 257 g/mol. The van der Waals surface area contributed by atoms with E-state index in [1.54, 1.807) is 6.07 Å². The summed E-state index contributed by atoms with van der Waals surface area (Å²) in [7, 11) is -3.47. The van der Waals surface area contributed by atoms with E-state index >= 15 is 0 Å². The number of nitrogens with zero attached hydrogens (tertiary/aromatic N) is 2. The van der Waals surface area contributed by atoms with Crippen molar-refractivity contribution < 1.29 is 8.42 Å². The zero-order valence-corrected chi connectivity index (χ0v) is 11.0. The summed E-state index contributed by atoms with van der Waals surface area (Å²) in [4.78, 5) is 0. The number of sulfonamides is 1. The minimum absolute atomic E-state index is 0.382. The van der Waals surface area contributed by atoms with E-state index in [4.69, 9.17) is 10.5 Å². The number of unbranched alkanes of at least 4 members (excludes halogenated alkanes) is 5. The fraction of sp³-hybridized carbons (Fsp3) is 0.818. The first-order chi connectivity index (χ1) is 8.04. The molecule has 96 valence electrons. The van der Waals surface area contributed by atoms with Crippen LogP contribution in [0.5, 0.6) is 0 Å². The summed E-state index contributed by atoms with van der Waals surface area (Å²) >= 11 is 0. The number of hydrogen-bond donors (Lipinski definition) is 1. The lowest BCUT2D eigenvalue weighted by Gasteiger charge is -2.07. The SMILES string of the molecule is CC(C#N)S(=O)(=O)NCCCCCCCC#N. The molecular weight excluding hydrogens is 238 g/mol. The van der Waals surface area contributed by atoms with Gasteiger partial charge in [-0.2, -0.15) is 10.5 Å². The molecule has 0 aromatic carbocycles. The first kappa shape index (κ1) is 15.9. The van der Waals surface area contributed by atoms with Gasteiger partial charge in [0.05, 0.1) is 12.1 Å². The van der Waals surface area contributed by atoms with Crippen molar-refractivity contribution in [1.29, 1.82) is 10.5 Å². The van der Waals surface area contributed by atoms with Crippen molar-refractivity contribution in [3.8, 4) is 12.1 Å². The minimum Gasteiger partial charge on any atom is -0.214 e. The quantitative estimate of drug-likeness (QED) is 0.636. The smallest absolute Gasteiger partial charge is 0.214 e. The van der Waals surface area contributed by atoms with Gasteiger partial charge < -0.3 is 0 Å². The average Bonchev–Trinajstić information content (AvgIpc) is 2.31. The molecule has 0 heterocycles. The molecule has 0 amide bonds.